The van der Waals surface area contributed by atoms with Gasteiger partial charge in [0, 0.05) is 5.69 Å². The number of benzene rings is 2. The number of nitrogen functional groups attached to an aromatic ring is 1. The lowest BCUT2D eigenvalue weighted by molar-refractivity contribution is -0.422. The molecule has 0 saturated heterocycles. The van der Waals surface area contributed by atoms with Crippen LogP contribution in [0.2, 0.25) is 0 Å². The fraction of sp³-hybridized carbons (Fsp3) is 0.0556. The van der Waals surface area contributed by atoms with Crippen molar-refractivity contribution in [3.63, 3.8) is 0 Å². The van der Waals surface area contributed by atoms with Crippen LogP contribution in [0.5, 0.6) is 5.75 Å². The second-order valence-electron chi connectivity index (χ2n) is 6.15. The number of hydrogen-bond donors (Lipinski definition) is 1. The minimum absolute atomic E-state index is 0.0307. The van der Waals surface area contributed by atoms with Gasteiger partial charge in [-0.15, -0.1) is 0 Å². The zero-order chi connectivity index (χ0) is 21.6. The van der Waals surface area contributed by atoms with Crippen molar-refractivity contribution in [2.45, 2.75) is 0 Å². The summed E-state index contributed by atoms with van der Waals surface area (Å²) in [5, 5.41) is 32.0. The molecule has 12 heteroatoms. The number of nitrogens with zero attached hydrogens (tertiary/aromatic N) is 6. The van der Waals surface area contributed by atoms with E-state index in [1.807, 2.05) is 6.07 Å². The summed E-state index contributed by atoms with van der Waals surface area (Å²) >= 11 is 0. The topological polar surface area (TPSA) is 176 Å². The maximum Gasteiger partial charge on any atom is 0.348 e. The summed E-state index contributed by atoms with van der Waals surface area (Å²) in [6.07, 6.45) is 0. The van der Waals surface area contributed by atoms with Crippen molar-refractivity contribution in [1.82, 2.24) is 14.5 Å². The van der Waals surface area contributed by atoms with Crippen molar-refractivity contribution in [2.24, 2.45) is 0 Å². The Morgan fingerprint density at radius 1 is 1.07 bits per heavy atom. The van der Waals surface area contributed by atoms with Crippen molar-refractivity contribution in [3.05, 3.63) is 62.2 Å². The Kier molecular flexibility index (Phi) is 4.13. The van der Waals surface area contributed by atoms with Crippen LogP contribution in [-0.4, -0.2) is 31.5 Å². The van der Waals surface area contributed by atoms with E-state index in [4.69, 9.17) is 10.5 Å². The predicted molar refractivity (Wildman–Crippen MR) is 105 cm³/mol. The quantitative estimate of drug-likeness (QED) is 0.395. The number of nitro benzene ring substituents is 2. The van der Waals surface area contributed by atoms with Crippen LogP contribution in [0, 0.1) is 31.6 Å². The van der Waals surface area contributed by atoms with E-state index in [1.54, 1.807) is 24.3 Å². The largest absolute Gasteiger partial charge is 0.497 e. The molecule has 4 rings (SSSR count). The molecule has 2 N–H and O–H groups in total. The molecule has 0 aliphatic rings. The number of ether oxygens (including phenoxy) is 1. The Morgan fingerprint density at radius 3 is 2.13 bits per heavy atom. The van der Waals surface area contributed by atoms with Gasteiger partial charge in [0.05, 0.1) is 40.1 Å². The van der Waals surface area contributed by atoms with Gasteiger partial charge in [-0.2, -0.15) is 5.26 Å². The zero-order valence-electron chi connectivity index (χ0n) is 15.3. The third-order valence-corrected chi connectivity index (χ3v) is 4.52. The normalized spacial score (nSPS) is 10.8. The van der Waals surface area contributed by atoms with E-state index in [1.165, 1.54) is 11.7 Å². The summed E-state index contributed by atoms with van der Waals surface area (Å²) in [6, 6.07) is 10.7. The van der Waals surface area contributed by atoms with Crippen molar-refractivity contribution >= 4 is 39.4 Å². The molecular formula is C18H11N7O5. The van der Waals surface area contributed by atoms with E-state index in [2.05, 4.69) is 9.97 Å². The highest BCUT2D eigenvalue weighted by atomic mass is 16.6. The first-order valence-corrected chi connectivity index (χ1v) is 8.34. The molecule has 4 aromatic rings. The monoisotopic (exact) mass is 405 g/mol. The summed E-state index contributed by atoms with van der Waals surface area (Å²) in [5.74, 6) is 0.672. The highest BCUT2D eigenvalue weighted by Crippen LogP contribution is 2.34. The zero-order valence-corrected chi connectivity index (χ0v) is 15.3. The van der Waals surface area contributed by atoms with Crippen LogP contribution in [0.4, 0.5) is 17.2 Å². The van der Waals surface area contributed by atoms with E-state index in [0.29, 0.717) is 11.4 Å². The molecule has 0 bridgehead atoms. The van der Waals surface area contributed by atoms with Gasteiger partial charge in [0.1, 0.15) is 28.7 Å². The summed E-state index contributed by atoms with van der Waals surface area (Å²) in [6.45, 7) is 0. The lowest BCUT2D eigenvalue weighted by atomic mass is 10.2. The van der Waals surface area contributed by atoms with Gasteiger partial charge in [-0.1, -0.05) is 0 Å². The van der Waals surface area contributed by atoms with Crippen LogP contribution in [0.15, 0.2) is 36.4 Å². The third-order valence-electron chi connectivity index (χ3n) is 4.52. The first-order chi connectivity index (χ1) is 14.3. The lowest BCUT2D eigenvalue weighted by Gasteiger charge is -2.08. The number of rotatable bonds is 4. The molecule has 2 aromatic carbocycles. The second-order valence-corrected chi connectivity index (χ2v) is 6.15. The molecule has 30 heavy (non-hydrogen) atoms. The SMILES string of the molecule is COc1ccc(-n2c(N)c(C#N)c3nc4cc([N+](=O)[O-])c([N+](=O)[O-])cc4nc32)cc1. The minimum atomic E-state index is -0.869. The fourth-order valence-electron chi connectivity index (χ4n) is 3.14. The molecule has 2 aromatic heterocycles. The predicted octanol–water partition coefficient (Wildman–Crippen LogP) is 2.85. The maximum atomic E-state index is 11.3. The number of nitro groups is 2. The number of hydrogen-bond acceptors (Lipinski definition) is 9. The van der Waals surface area contributed by atoms with E-state index in [9.17, 15) is 25.5 Å². The molecule has 0 aliphatic heterocycles. The number of nitriles is 1. The van der Waals surface area contributed by atoms with Gasteiger partial charge in [-0.3, -0.25) is 24.8 Å². The standard InChI is InChI=1S/C18H11N7O5/c1-30-10-4-2-9(3-5-10)23-17(20)11(8-19)16-18(23)22-13-7-15(25(28)29)14(24(26)27)6-12(13)21-16/h2-7H,20H2,1H3. The Morgan fingerprint density at radius 2 is 1.63 bits per heavy atom. The van der Waals surface area contributed by atoms with Crippen LogP contribution in [0.1, 0.15) is 5.56 Å². The molecule has 0 saturated carbocycles. The van der Waals surface area contributed by atoms with Gasteiger partial charge >= 0.3 is 11.4 Å². The summed E-state index contributed by atoms with van der Waals surface area (Å²) in [4.78, 5) is 29.4. The minimum Gasteiger partial charge on any atom is -0.497 e. The van der Waals surface area contributed by atoms with Crippen molar-refractivity contribution in [3.8, 4) is 17.5 Å². The van der Waals surface area contributed by atoms with Crippen LogP contribution < -0.4 is 10.5 Å². The highest BCUT2D eigenvalue weighted by Gasteiger charge is 2.27. The smallest absolute Gasteiger partial charge is 0.348 e. The van der Waals surface area contributed by atoms with Crippen LogP contribution >= 0.6 is 0 Å². The van der Waals surface area contributed by atoms with Crippen LogP contribution in [-0.2, 0) is 0 Å². The Bertz CT molecular complexity index is 1400. The number of fused-ring (bicyclic) bond motifs is 2. The molecule has 0 amide bonds. The van der Waals surface area contributed by atoms with E-state index >= 15 is 0 Å². The van der Waals surface area contributed by atoms with Crippen molar-refractivity contribution < 1.29 is 14.6 Å². The molecule has 0 atom stereocenters. The molecule has 12 nitrogen and oxygen atoms in total. The average Bonchev–Trinajstić information content (AvgIpc) is 3.00. The number of anilines is 1. The van der Waals surface area contributed by atoms with E-state index in [-0.39, 0.29) is 33.6 Å². The fourth-order valence-corrected chi connectivity index (χ4v) is 3.14. The number of nitrogens with two attached hydrogens (primary N) is 1. The summed E-state index contributed by atoms with van der Waals surface area (Å²) in [5.41, 5.74) is 5.72. The van der Waals surface area contributed by atoms with Gasteiger partial charge in [-0.05, 0) is 24.3 Å². The molecule has 2 heterocycles. The molecule has 0 radical (unpaired) electrons. The molecule has 0 fully saturated rings. The van der Waals surface area contributed by atoms with Gasteiger partial charge < -0.3 is 10.5 Å². The Hall–Kier alpha value is -4.79. The Labute approximate surface area is 167 Å². The number of aromatic nitrogens is 3. The van der Waals surface area contributed by atoms with Gasteiger partial charge in [-0.25, -0.2) is 9.97 Å². The van der Waals surface area contributed by atoms with Crippen molar-refractivity contribution in [2.75, 3.05) is 12.8 Å². The molecule has 0 aliphatic carbocycles. The van der Waals surface area contributed by atoms with Crippen LogP contribution in [0.25, 0.3) is 27.9 Å². The summed E-state index contributed by atoms with van der Waals surface area (Å²) < 4.78 is 6.61. The summed E-state index contributed by atoms with van der Waals surface area (Å²) in [7, 11) is 1.52. The van der Waals surface area contributed by atoms with E-state index in [0.717, 1.165) is 12.1 Å². The molecular weight excluding hydrogens is 394 g/mol. The van der Waals surface area contributed by atoms with Crippen LogP contribution in [0.3, 0.4) is 0 Å². The first kappa shape index (κ1) is 18.6. The maximum absolute atomic E-state index is 11.3. The highest BCUT2D eigenvalue weighted by molar-refractivity contribution is 5.95. The molecule has 0 spiro atoms. The Balaban J connectivity index is 2.08. The first-order valence-electron chi connectivity index (χ1n) is 8.34. The van der Waals surface area contributed by atoms with Gasteiger partial charge in [0.25, 0.3) is 0 Å². The third kappa shape index (κ3) is 2.69. The van der Waals surface area contributed by atoms with Crippen molar-refractivity contribution in [1.29, 1.82) is 5.26 Å². The van der Waals surface area contributed by atoms with Gasteiger partial charge in [0.15, 0.2) is 5.65 Å². The van der Waals surface area contributed by atoms with E-state index < -0.39 is 21.2 Å². The molecule has 148 valence electrons. The second kappa shape index (κ2) is 6.67. The average molecular weight is 405 g/mol. The molecule has 0 unspecified atom stereocenters. The lowest BCUT2D eigenvalue weighted by Crippen LogP contribution is -2.02. The van der Waals surface area contributed by atoms with Gasteiger partial charge in [0.2, 0.25) is 0 Å². The number of methoxy groups -OCH3 is 1.